The molecular formula is C18H16N2O2. The molecule has 3 rings (SSSR count). The lowest BCUT2D eigenvalue weighted by atomic mass is 10.1. The minimum atomic E-state index is 0.484. The Kier molecular flexibility index (Phi) is 4.01. The first-order valence-corrected chi connectivity index (χ1v) is 7.01. The van der Waals surface area contributed by atoms with Crippen LogP contribution in [0.25, 0.3) is 22.9 Å². The third-order valence-corrected chi connectivity index (χ3v) is 3.19. The Morgan fingerprint density at radius 3 is 2.05 bits per heavy atom. The van der Waals surface area contributed by atoms with Crippen LogP contribution in [-0.4, -0.2) is 16.8 Å². The Morgan fingerprint density at radius 2 is 1.50 bits per heavy atom. The summed E-state index contributed by atoms with van der Waals surface area (Å²) in [4.78, 5) is 0. The Balaban J connectivity index is 1.81. The van der Waals surface area contributed by atoms with Gasteiger partial charge < -0.3 is 9.15 Å². The average Bonchev–Trinajstić information content (AvgIpc) is 3.04. The second-order valence-corrected chi connectivity index (χ2v) is 4.90. The molecule has 0 saturated heterocycles. The molecule has 0 fully saturated rings. The van der Waals surface area contributed by atoms with Gasteiger partial charge in [-0.25, -0.2) is 0 Å². The second-order valence-electron chi connectivity index (χ2n) is 4.90. The largest absolute Gasteiger partial charge is 0.490 e. The molecule has 0 unspecified atom stereocenters. The molecule has 0 bridgehead atoms. The third-order valence-electron chi connectivity index (χ3n) is 3.19. The molecule has 0 aliphatic heterocycles. The van der Waals surface area contributed by atoms with E-state index in [1.807, 2.05) is 55.5 Å². The first-order chi connectivity index (χ1) is 10.8. The topological polar surface area (TPSA) is 48.2 Å². The van der Waals surface area contributed by atoms with Crippen molar-refractivity contribution in [2.75, 3.05) is 6.61 Å². The van der Waals surface area contributed by atoms with E-state index in [1.54, 1.807) is 6.08 Å². The molecule has 0 amide bonds. The zero-order chi connectivity index (χ0) is 15.4. The number of aryl methyl sites for hydroxylation is 1. The fourth-order valence-corrected chi connectivity index (χ4v) is 2.00. The van der Waals surface area contributed by atoms with Crippen LogP contribution in [0.15, 0.2) is 65.6 Å². The molecule has 4 heteroatoms. The molecule has 1 aromatic heterocycles. The van der Waals surface area contributed by atoms with Gasteiger partial charge in [-0.05, 0) is 43.3 Å². The van der Waals surface area contributed by atoms with Crippen molar-refractivity contribution in [2.45, 2.75) is 6.92 Å². The van der Waals surface area contributed by atoms with Crippen LogP contribution >= 0.6 is 0 Å². The zero-order valence-electron chi connectivity index (χ0n) is 12.3. The van der Waals surface area contributed by atoms with Gasteiger partial charge in [0.05, 0.1) is 0 Å². The van der Waals surface area contributed by atoms with E-state index in [9.17, 15) is 0 Å². The molecule has 3 aromatic rings. The van der Waals surface area contributed by atoms with Crippen molar-refractivity contribution in [3.8, 4) is 28.7 Å². The lowest BCUT2D eigenvalue weighted by Gasteiger charge is -2.02. The van der Waals surface area contributed by atoms with Crippen molar-refractivity contribution in [3.63, 3.8) is 0 Å². The normalized spacial score (nSPS) is 10.4. The summed E-state index contributed by atoms with van der Waals surface area (Å²) >= 11 is 0. The minimum Gasteiger partial charge on any atom is -0.490 e. The molecule has 0 atom stereocenters. The smallest absolute Gasteiger partial charge is 0.248 e. The van der Waals surface area contributed by atoms with Crippen molar-refractivity contribution in [1.82, 2.24) is 10.2 Å². The summed E-state index contributed by atoms with van der Waals surface area (Å²) in [5.74, 6) is 1.79. The fraction of sp³-hybridized carbons (Fsp3) is 0.111. The number of nitrogens with zero attached hydrogens (tertiary/aromatic N) is 2. The van der Waals surface area contributed by atoms with Crippen molar-refractivity contribution >= 4 is 0 Å². The van der Waals surface area contributed by atoms with Gasteiger partial charge in [0.15, 0.2) is 0 Å². The minimum absolute atomic E-state index is 0.484. The van der Waals surface area contributed by atoms with E-state index in [2.05, 4.69) is 16.8 Å². The van der Waals surface area contributed by atoms with Crippen LogP contribution in [0.4, 0.5) is 0 Å². The standard InChI is InChI=1S/C18H16N2O2/c1-3-12-21-16-10-8-15(9-11-16)18-20-19-17(22-18)14-6-4-13(2)5-7-14/h3-11H,1,12H2,2H3. The highest BCUT2D eigenvalue weighted by Gasteiger charge is 2.10. The third kappa shape index (κ3) is 3.06. The lowest BCUT2D eigenvalue weighted by Crippen LogP contribution is -1.92. The van der Waals surface area contributed by atoms with Gasteiger partial charge >= 0.3 is 0 Å². The van der Waals surface area contributed by atoms with Gasteiger partial charge in [0.2, 0.25) is 11.8 Å². The summed E-state index contributed by atoms with van der Waals surface area (Å²) in [6, 6.07) is 15.5. The van der Waals surface area contributed by atoms with Gasteiger partial charge in [0.1, 0.15) is 12.4 Å². The van der Waals surface area contributed by atoms with Crippen LogP contribution in [0, 0.1) is 6.92 Å². The number of rotatable bonds is 5. The molecule has 0 aliphatic rings. The van der Waals surface area contributed by atoms with Crippen molar-refractivity contribution in [2.24, 2.45) is 0 Å². The van der Waals surface area contributed by atoms with Crippen LogP contribution in [0.3, 0.4) is 0 Å². The van der Waals surface area contributed by atoms with Gasteiger partial charge in [-0.3, -0.25) is 0 Å². The van der Waals surface area contributed by atoms with E-state index in [4.69, 9.17) is 9.15 Å². The molecule has 22 heavy (non-hydrogen) atoms. The maximum absolute atomic E-state index is 5.74. The highest BCUT2D eigenvalue weighted by Crippen LogP contribution is 2.25. The quantitative estimate of drug-likeness (QED) is 0.659. The summed E-state index contributed by atoms with van der Waals surface area (Å²) in [5, 5.41) is 8.21. The lowest BCUT2D eigenvalue weighted by molar-refractivity contribution is 0.363. The average molecular weight is 292 g/mol. The Morgan fingerprint density at radius 1 is 0.955 bits per heavy atom. The molecule has 0 radical (unpaired) electrons. The highest BCUT2D eigenvalue weighted by molar-refractivity contribution is 5.58. The van der Waals surface area contributed by atoms with Crippen molar-refractivity contribution in [1.29, 1.82) is 0 Å². The monoisotopic (exact) mass is 292 g/mol. The number of ether oxygens (including phenoxy) is 1. The summed E-state index contributed by atoms with van der Waals surface area (Å²) < 4.78 is 11.2. The molecule has 0 N–H and O–H groups in total. The SMILES string of the molecule is C=CCOc1ccc(-c2nnc(-c3ccc(C)cc3)o2)cc1. The van der Waals surface area contributed by atoms with Gasteiger partial charge in [-0.2, -0.15) is 0 Å². The highest BCUT2D eigenvalue weighted by atomic mass is 16.5. The van der Waals surface area contributed by atoms with Crippen LogP contribution in [0.2, 0.25) is 0 Å². The van der Waals surface area contributed by atoms with Crippen molar-refractivity contribution in [3.05, 3.63) is 66.7 Å². The van der Waals surface area contributed by atoms with Crippen LogP contribution in [0.5, 0.6) is 5.75 Å². The first-order valence-electron chi connectivity index (χ1n) is 7.01. The summed E-state index contributed by atoms with van der Waals surface area (Å²) in [6.45, 7) is 6.14. The number of benzene rings is 2. The summed E-state index contributed by atoms with van der Waals surface area (Å²) in [7, 11) is 0. The van der Waals surface area contributed by atoms with E-state index in [0.717, 1.165) is 16.9 Å². The first kappa shape index (κ1) is 14.1. The Labute approximate surface area is 129 Å². The van der Waals surface area contributed by atoms with E-state index < -0.39 is 0 Å². The van der Waals surface area contributed by atoms with E-state index in [1.165, 1.54) is 5.56 Å². The Bertz CT molecular complexity index is 759. The van der Waals surface area contributed by atoms with Crippen LogP contribution in [-0.2, 0) is 0 Å². The predicted octanol–water partition coefficient (Wildman–Crippen LogP) is 4.28. The maximum atomic E-state index is 5.74. The van der Waals surface area contributed by atoms with E-state index in [-0.39, 0.29) is 0 Å². The van der Waals surface area contributed by atoms with E-state index in [0.29, 0.717) is 18.4 Å². The molecule has 0 aliphatic carbocycles. The van der Waals surface area contributed by atoms with E-state index >= 15 is 0 Å². The molecule has 0 saturated carbocycles. The van der Waals surface area contributed by atoms with Gasteiger partial charge in [-0.15, -0.1) is 10.2 Å². The molecule has 0 spiro atoms. The van der Waals surface area contributed by atoms with Crippen molar-refractivity contribution < 1.29 is 9.15 Å². The van der Waals surface area contributed by atoms with Gasteiger partial charge in [-0.1, -0.05) is 30.4 Å². The summed E-state index contributed by atoms with van der Waals surface area (Å²) in [6.07, 6.45) is 1.71. The van der Waals surface area contributed by atoms with Gasteiger partial charge in [0, 0.05) is 11.1 Å². The molecule has 2 aromatic carbocycles. The zero-order valence-corrected chi connectivity index (χ0v) is 12.3. The second kappa shape index (κ2) is 6.26. The molecular weight excluding hydrogens is 276 g/mol. The number of aromatic nitrogens is 2. The van der Waals surface area contributed by atoms with Crippen LogP contribution < -0.4 is 4.74 Å². The molecule has 4 nitrogen and oxygen atoms in total. The number of hydrogen-bond acceptors (Lipinski definition) is 4. The number of hydrogen-bond donors (Lipinski definition) is 0. The summed E-state index contributed by atoms with van der Waals surface area (Å²) in [5.41, 5.74) is 2.96. The van der Waals surface area contributed by atoms with Gasteiger partial charge in [0.25, 0.3) is 0 Å². The van der Waals surface area contributed by atoms with Crippen LogP contribution in [0.1, 0.15) is 5.56 Å². The molecule has 110 valence electrons. The Hall–Kier alpha value is -2.88. The molecule has 1 heterocycles. The maximum Gasteiger partial charge on any atom is 0.248 e. The predicted molar refractivity (Wildman–Crippen MR) is 85.6 cm³/mol. The fourth-order valence-electron chi connectivity index (χ4n) is 2.00.